The van der Waals surface area contributed by atoms with Crippen LogP contribution in [0.15, 0.2) is 59.5 Å². The standard InChI is InChI=1S/C25H24Cl2N2O7S/c1-15-5-8-17(9-6-15)37(32,33)29(21-11-16(26)7-10-19(21)27)14-24(30)28-20-13-23(35-3)22(34-2)12-18(20)25(31)36-4/h5-13H,14H2,1-4H3,(H,28,30). The third kappa shape index (κ3) is 6.27. The molecule has 3 rings (SSSR count). The number of esters is 1. The summed E-state index contributed by atoms with van der Waals surface area (Å²) < 4.78 is 43.4. The fraction of sp³-hybridized carbons (Fsp3) is 0.200. The molecule has 37 heavy (non-hydrogen) atoms. The summed E-state index contributed by atoms with van der Waals surface area (Å²) in [5, 5.41) is 2.84. The van der Waals surface area contributed by atoms with Crippen molar-refractivity contribution in [2.24, 2.45) is 0 Å². The van der Waals surface area contributed by atoms with Gasteiger partial charge in [-0.2, -0.15) is 0 Å². The molecule has 12 heteroatoms. The summed E-state index contributed by atoms with van der Waals surface area (Å²) >= 11 is 12.4. The fourth-order valence-electron chi connectivity index (χ4n) is 3.40. The lowest BCUT2D eigenvalue weighted by atomic mass is 10.1. The molecule has 0 spiro atoms. The van der Waals surface area contributed by atoms with Crippen molar-refractivity contribution in [2.75, 3.05) is 37.5 Å². The number of halogens is 2. The average Bonchev–Trinajstić information content (AvgIpc) is 2.88. The molecule has 1 amide bonds. The number of carbonyl (C=O) groups excluding carboxylic acids is 2. The first kappa shape index (κ1) is 28.1. The molecular formula is C25H24Cl2N2O7S. The Morgan fingerprint density at radius 3 is 2.14 bits per heavy atom. The Morgan fingerprint density at radius 2 is 1.54 bits per heavy atom. The van der Waals surface area contributed by atoms with E-state index < -0.39 is 28.4 Å². The predicted molar refractivity (Wildman–Crippen MR) is 142 cm³/mol. The Balaban J connectivity index is 2.06. The number of hydrogen-bond donors (Lipinski definition) is 1. The minimum atomic E-state index is -4.26. The topological polar surface area (TPSA) is 111 Å². The summed E-state index contributed by atoms with van der Waals surface area (Å²) in [5.74, 6) is -1.06. The number of benzene rings is 3. The molecule has 1 N–H and O–H groups in total. The molecule has 0 aliphatic rings. The number of nitrogens with one attached hydrogen (secondary N) is 1. The van der Waals surface area contributed by atoms with E-state index in [0.717, 1.165) is 9.87 Å². The van der Waals surface area contributed by atoms with E-state index in [-0.39, 0.29) is 43.4 Å². The highest BCUT2D eigenvalue weighted by molar-refractivity contribution is 7.92. The van der Waals surface area contributed by atoms with Crippen molar-refractivity contribution in [3.8, 4) is 11.5 Å². The number of amides is 1. The van der Waals surface area contributed by atoms with Crippen LogP contribution in [0.2, 0.25) is 10.0 Å². The van der Waals surface area contributed by atoms with Crippen molar-refractivity contribution in [3.05, 3.63) is 75.8 Å². The molecule has 0 aliphatic carbocycles. The van der Waals surface area contributed by atoms with Gasteiger partial charge in [0.05, 0.1) is 48.2 Å². The Kier molecular flexibility index (Phi) is 8.90. The number of methoxy groups -OCH3 is 3. The van der Waals surface area contributed by atoms with Gasteiger partial charge >= 0.3 is 5.97 Å². The van der Waals surface area contributed by atoms with Gasteiger partial charge in [0.15, 0.2) is 11.5 Å². The number of aryl methyl sites for hydroxylation is 1. The molecule has 3 aromatic rings. The van der Waals surface area contributed by atoms with Crippen LogP contribution < -0.4 is 19.1 Å². The molecule has 0 radical (unpaired) electrons. The van der Waals surface area contributed by atoms with E-state index in [2.05, 4.69) is 5.32 Å². The molecule has 0 aromatic heterocycles. The lowest BCUT2D eigenvalue weighted by Gasteiger charge is -2.25. The number of hydrogen-bond acceptors (Lipinski definition) is 7. The number of carbonyl (C=O) groups is 2. The van der Waals surface area contributed by atoms with Crippen LogP contribution in [-0.4, -0.2) is 48.2 Å². The summed E-state index contributed by atoms with van der Waals surface area (Å²) in [6.07, 6.45) is 0. The van der Waals surface area contributed by atoms with Gasteiger partial charge in [0, 0.05) is 17.2 Å². The van der Waals surface area contributed by atoms with Gasteiger partial charge in [0.25, 0.3) is 10.0 Å². The van der Waals surface area contributed by atoms with Crippen LogP contribution >= 0.6 is 23.2 Å². The first-order valence-corrected chi connectivity index (χ1v) is 12.9. The third-order valence-electron chi connectivity index (χ3n) is 5.28. The van der Waals surface area contributed by atoms with E-state index in [9.17, 15) is 18.0 Å². The van der Waals surface area contributed by atoms with E-state index in [1.807, 2.05) is 6.92 Å². The Morgan fingerprint density at radius 1 is 0.919 bits per heavy atom. The van der Waals surface area contributed by atoms with Crippen LogP contribution in [0.25, 0.3) is 0 Å². The largest absolute Gasteiger partial charge is 0.493 e. The van der Waals surface area contributed by atoms with Crippen LogP contribution in [0.4, 0.5) is 11.4 Å². The normalized spacial score (nSPS) is 11.0. The van der Waals surface area contributed by atoms with Gasteiger partial charge < -0.3 is 19.5 Å². The van der Waals surface area contributed by atoms with Crippen molar-refractivity contribution >= 4 is 56.5 Å². The molecule has 0 unspecified atom stereocenters. The van der Waals surface area contributed by atoms with Crippen molar-refractivity contribution in [2.45, 2.75) is 11.8 Å². The van der Waals surface area contributed by atoms with Crippen molar-refractivity contribution in [1.29, 1.82) is 0 Å². The summed E-state index contributed by atoms with van der Waals surface area (Å²) in [4.78, 5) is 25.5. The van der Waals surface area contributed by atoms with Crippen LogP contribution in [0.3, 0.4) is 0 Å². The van der Waals surface area contributed by atoms with Crippen LogP contribution in [0, 0.1) is 6.92 Å². The highest BCUT2D eigenvalue weighted by Gasteiger charge is 2.30. The highest BCUT2D eigenvalue weighted by Crippen LogP contribution is 2.35. The Hall–Kier alpha value is -3.47. The van der Waals surface area contributed by atoms with Crippen molar-refractivity contribution < 1.29 is 32.2 Å². The van der Waals surface area contributed by atoms with E-state index >= 15 is 0 Å². The van der Waals surface area contributed by atoms with E-state index in [1.165, 1.54) is 63.8 Å². The highest BCUT2D eigenvalue weighted by atomic mass is 35.5. The molecule has 0 heterocycles. The maximum absolute atomic E-state index is 13.6. The first-order valence-electron chi connectivity index (χ1n) is 10.7. The third-order valence-corrected chi connectivity index (χ3v) is 7.60. The lowest BCUT2D eigenvalue weighted by molar-refractivity contribution is -0.114. The zero-order valence-electron chi connectivity index (χ0n) is 20.4. The van der Waals surface area contributed by atoms with Crippen LogP contribution in [-0.2, 0) is 19.6 Å². The van der Waals surface area contributed by atoms with Gasteiger partial charge in [-0.3, -0.25) is 9.10 Å². The van der Waals surface area contributed by atoms with Crippen molar-refractivity contribution in [3.63, 3.8) is 0 Å². The number of rotatable bonds is 9. The molecule has 0 saturated heterocycles. The molecule has 0 atom stereocenters. The molecule has 3 aromatic carbocycles. The maximum atomic E-state index is 13.6. The van der Waals surface area contributed by atoms with Crippen molar-refractivity contribution in [1.82, 2.24) is 0 Å². The van der Waals surface area contributed by atoms with E-state index in [4.69, 9.17) is 37.4 Å². The number of nitrogens with zero attached hydrogens (tertiary/aromatic N) is 1. The molecule has 0 saturated carbocycles. The second kappa shape index (κ2) is 11.7. The number of ether oxygens (including phenoxy) is 3. The quantitative estimate of drug-likeness (QED) is 0.365. The minimum Gasteiger partial charge on any atom is -0.493 e. The lowest BCUT2D eigenvalue weighted by Crippen LogP contribution is -2.38. The van der Waals surface area contributed by atoms with Gasteiger partial charge in [0.1, 0.15) is 6.54 Å². The minimum absolute atomic E-state index is 0.00499. The maximum Gasteiger partial charge on any atom is 0.340 e. The fourth-order valence-corrected chi connectivity index (χ4v) is 5.26. The smallest absolute Gasteiger partial charge is 0.340 e. The Labute approximate surface area is 224 Å². The summed E-state index contributed by atoms with van der Waals surface area (Å²) in [6, 6.07) is 13.1. The van der Waals surface area contributed by atoms with Crippen LogP contribution in [0.1, 0.15) is 15.9 Å². The monoisotopic (exact) mass is 566 g/mol. The number of sulfonamides is 1. The summed E-state index contributed by atoms with van der Waals surface area (Å²) in [7, 11) is -0.301. The average molecular weight is 567 g/mol. The van der Waals surface area contributed by atoms with Gasteiger partial charge in [-0.15, -0.1) is 0 Å². The van der Waals surface area contributed by atoms with Crippen LogP contribution in [0.5, 0.6) is 11.5 Å². The molecular weight excluding hydrogens is 543 g/mol. The Bertz CT molecular complexity index is 1430. The molecule has 9 nitrogen and oxygen atoms in total. The summed E-state index contributed by atoms with van der Waals surface area (Å²) in [6.45, 7) is 1.13. The van der Waals surface area contributed by atoms with E-state index in [0.29, 0.717) is 0 Å². The molecule has 0 bridgehead atoms. The molecule has 196 valence electrons. The second-order valence-corrected chi connectivity index (χ2v) is 10.4. The SMILES string of the molecule is COC(=O)c1cc(OC)c(OC)cc1NC(=O)CN(c1cc(Cl)ccc1Cl)S(=O)(=O)c1ccc(C)cc1. The van der Waals surface area contributed by atoms with E-state index in [1.54, 1.807) is 12.1 Å². The zero-order chi connectivity index (χ0) is 27.3. The molecule has 0 fully saturated rings. The first-order chi connectivity index (χ1) is 17.5. The van der Waals surface area contributed by atoms with Gasteiger partial charge in [-0.05, 0) is 37.3 Å². The zero-order valence-corrected chi connectivity index (χ0v) is 22.7. The molecule has 0 aliphatic heterocycles. The second-order valence-electron chi connectivity index (χ2n) is 7.71. The van der Waals surface area contributed by atoms with Gasteiger partial charge in [-0.1, -0.05) is 40.9 Å². The predicted octanol–water partition coefficient (Wildman–Crippen LogP) is 4.94. The number of anilines is 2. The van der Waals surface area contributed by atoms with Gasteiger partial charge in [-0.25, -0.2) is 13.2 Å². The van der Waals surface area contributed by atoms with Gasteiger partial charge in [0.2, 0.25) is 5.91 Å². The summed E-state index contributed by atoms with van der Waals surface area (Å²) in [5.41, 5.74) is 0.861.